The van der Waals surface area contributed by atoms with E-state index in [1.165, 1.54) is 0 Å². The zero-order chi connectivity index (χ0) is 23.1. The summed E-state index contributed by atoms with van der Waals surface area (Å²) in [7, 11) is 0. The number of anilines is 2. The number of carbonyl (C=O) groups is 1. The Morgan fingerprint density at radius 1 is 1.09 bits per heavy atom. The maximum Gasteiger partial charge on any atom is 0.227 e. The molecule has 6 rings (SSSR count). The van der Waals surface area contributed by atoms with Gasteiger partial charge >= 0.3 is 0 Å². The van der Waals surface area contributed by atoms with Crippen LogP contribution in [-0.2, 0) is 4.79 Å². The van der Waals surface area contributed by atoms with Crippen molar-refractivity contribution >= 4 is 33.8 Å². The van der Waals surface area contributed by atoms with E-state index >= 15 is 0 Å². The Labute approximate surface area is 196 Å². The molecule has 0 atom stereocenters. The molecule has 1 amide bonds. The van der Waals surface area contributed by atoms with Gasteiger partial charge in [0.25, 0.3) is 0 Å². The fraction of sp³-hybridized carbons (Fsp3) is 0.231. The Morgan fingerprint density at radius 3 is 2.74 bits per heavy atom. The smallest absolute Gasteiger partial charge is 0.227 e. The summed E-state index contributed by atoms with van der Waals surface area (Å²) in [6.07, 6.45) is 10.4. The maximum absolute atomic E-state index is 12.8. The predicted octanol–water partition coefficient (Wildman–Crippen LogP) is 4.77. The second-order valence-corrected chi connectivity index (χ2v) is 8.90. The largest absolute Gasteiger partial charge is 0.382 e. The van der Waals surface area contributed by atoms with Crippen molar-refractivity contribution in [2.45, 2.75) is 31.6 Å². The number of nitrogens with one attached hydrogen (secondary N) is 2. The number of pyridine rings is 1. The normalized spacial score (nSPS) is 18.4. The number of aromatic amines is 1. The summed E-state index contributed by atoms with van der Waals surface area (Å²) in [4.78, 5) is 29.7. The molecule has 0 unspecified atom stereocenters. The van der Waals surface area contributed by atoms with Crippen LogP contribution in [0.1, 0.15) is 37.4 Å². The van der Waals surface area contributed by atoms with E-state index in [1.807, 2.05) is 30.5 Å². The molecule has 8 nitrogen and oxygen atoms in total. The van der Waals surface area contributed by atoms with Crippen molar-refractivity contribution in [3.8, 4) is 11.4 Å². The number of rotatable bonds is 4. The second kappa shape index (κ2) is 8.30. The lowest BCUT2D eigenvalue weighted by Crippen LogP contribution is -2.27. The summed E-state index contributed by atoms with van der Waals surface area (Å²) in [6, 6.07) is 13.9. The van der Waals surface area contributed by atoms with E-state index in [-0.39, 0.29) is 17.7 Å². The van der Waals surface area contributed by atoms with Crippen LogP contribution in [0.15, 0.2) is 67.3 Å². The first-order valence-corrected chi connectivity index (χ1v) is 11.6. The molecule has 0 saturated heterocycles. The van der Waals surface area contributed by atoms with Crippen molar-refractivity contribution in [1.82, 2.24) is 24.3 Å². The minimum Gasteiger partial charge on any atom is -0.382 e. The van der Waals surface area contributed by atoms with Crippen LogP contribution in [0.5, 0.6) is 0 Å². The van der Waals surface area contributed by atoms with Crippen molar-refractivity contribution in [2.24, 2.45) is 5.92 Å². The van der Waals surface area contributed by atoms with Crippen LogP contribution >= 0.6 is 0 Å². The number of hydrogen-bond acceptors (Lipinski definition) is 5. The van der Waals surface area contributed by atoms with Gasteiger partial charge in [-0.05, 0) is 49.9 Å². The number of imidazole rings is 1. The number of aromatic nitrogens is 5. The topological polar surface area (TPSA) is 114 Å². The zero-order valence-electron chi connectivity index (χ0n) is 18.6. The standard InChI is InChI=1S/C26H25N7O/c27-24-23-22(21-14-18-4-1-2-6-20(18)31-21)32-25(33(23)13-12-29-24)16-7-9-17(10-8-16)26(34)30-19-5-3-11-28-15-19/h1-6,11-17,31H,7-10H2,(H2,27,29)(H,30,34)/t16-,17+. The third-order valence-electron chi connectivity index (χ3n) is 6.79. The van der Waals surface area contributed by atoms with Gasteiger partial charge in [0.05, 0.1) is 17.6 Å². The Kier molecular flexibility index (Phi) is 4.98. The Bertz CT molecular complexity index is 1450. The lowest BCUT2D eigenvalue weighted by molar-refractivity contribution is -0.120. The minimum absolute atomic E-state index is 0.0115. The molecule has 1 aliphatic carbocycles. The van der Waals surface area contributed by atoms with E-state index in [4.69, 9.17) is 10.7 Å². The van der Waals surface area contributed by atoms with E-state index in [1.54, 1.807) is 18.6 Å². The molecule has 1 fully saturated rings. The van der Waals surface area contributed by atoms with E-state index in [2.05, 4.69) is 42.9 Å². The van der Waals surface area contributed by atoms with Crippen LogP contribution in [0.4, 0.5) is 11.5 Å². The number of nitrogen functional groups attached to an aromatic ring is 1. The highest BCUT2D eigenvalue weighted by Gasteiger charge is 2.30. The molecule has 8 heteroatoms. The number of hydrogen-bond donors (Lipinski definition) is 3. The van der Waals surface area contributed by atoms with Gasteiger partial charge in [-0.3, -0.25) is 14.2 Å². The minimum atomic E-state index is -0.0115. The van der Waals surface area contributed by atoms with E-state index in [0.29, 0.717) is 5.82 Å². The summed E-state index contributed by atoms with van der Waals surface area (Å²) in [6.45, 7) is 0. The number of benzene rings is 1. The number of nitrogens with two attached hydrogens (primary N) is 1. The molecule has 0 spiro atoms. The van der Waals surface area contributed by atoms with E-state index in [0.717, 1.165) is 65.0 Å². The molecule has 0 bridgehead atoms. The molecule has 5 aromatic rings. The summed E-state index contributed by atoms with van der Waals surface area (Å²) in [5.41, 5.74) is 10.7. The van der Waals surface area contributed by atoms with Crippen LogP contribution in [-0.4, -0.2) is 30.2 Å². The molecular weight excluding hydrogens is 426 g/mol. The van der Waals surface area contributed by atoms with Gasteiger partial charge in [0.1, 0.15) is 22.9 Å². The molecule has 4 heterocycles. The number of carbonyl (C=O) groups excluding carboxylic acids is 1. The van der Waals surface area contributed by atoms with Crippen molar-refractivity contribution in [2.75, 3.05) is 11.1 Å². The fourth-order valence-corrected chi connectivity index (χ4v) is 5.06. The highest BCUT2D eigenvalue weighted by Crippen LogP contribution is 2.39. The monoisotopic (exact) mass is 451 g/mol. The van der Waals surface area contributed by atoms with Crippen molar-refractivity contribution < 1.29 is 4.79 Å². The van der Waals surface area contributed by atoms with Gasteiger partial charge in [-0.25, -0.2) is 9.97 Å². The fourth-order valence-electron chi connectivity index (χ4n) is 5.06. The highest BCUT2D eigenvalue weighted by molar-refractivity contribution is 5.93. The van der Waals surface area contributed by atoms with Gasteiger partial charge in [0.2, 0.25) is 5.91 Å². The van der Waals surface area contributed by atoms with Gasteiger partial charge in [-0.15, -0.1) is 0 Å². The van der Waals surface area contributed by atoms with Crippen LogP contribution in [0.25, 0.3) is 27.8 Å². The third-order valence-corrected chi connectivity index (χ3v) is 6.79. The van der Waals surface area contributed by atoms with Gasteiger partial charge in [0.15, 0.2) is 0 Å². The molecule has 1 saturated carbocycles. The van der Waals surface area contributed by atoms with E-state index < -0.39 is 0 Å². The molecule has 1 aromatic carbocycles. The molecular formula is C26H25N7O. The third kappa shape index (κ3) is 3.57. The molecule has 170 valence electrons. The average molecular weight is 452 g/mol. The van der Waals surface area contributed by atoms with Crippen LogP contribution in [0.3, 0.4) is 0 Å². The van der Waals surface area contributed by atoms with Gasteiger partial charge in [-0.1, -0.05) is 18.2 Å². The number of fused-ring (bicyclic) bond motifs is 2. The predicted molar refractivity (Wildman–Crippen MR) is 132 cm³/mol. The SMILES string of the molecule is Nc1nccn2c1c(-c1cc3ccccc3[nH]1)nc2[C@H]1CC[C@@H](C(=O)Nc2cccnc2)CC1. The van der Waals surface area contributed by atoms with Gasteiger partial charge < -0.3 is 16.0 Å². The Balaban J connectivity index is 1.28. The maximum atomic E-state index is 12.8. The average Bonchev–Trinajstić information content (AvgIpc) is 3.47. The number of para-hydroxylation sites is 1. The number of H-pyrrole nitrogens is 1. The number of amides is 1. The summed E-state index contributed by atoms with van der Waals surface area (Å²) in [5, 5.41) is 4.12. The summed E-state index contributed by atoms with van der Waals surface area (Å²) < 4.78 is 2.07. The summed E-state index contributed by atoms with van der Waals surface area (Å²) >= 11 is 0. The van der Waals surface area contributed by atoms with Crippen molar-refractivity contribution in [3.05, 3.63) is 73.1 Å². The van der Waals surface area contributed by atoms with E-state index in [9.17, 15) is 4.79 Å². The molecule has 4 N–H and O–H groups in total. The van der Waals surface area contributed by atoms with Crippen LogP contribution < -0.4 is 11.1 Å². The molecule has 1 aliphatic rings. The lowest BCUT2D eigenvalue weighted by Gasteiger charge is -2.27. The zero-order valence-corrected chi connectivity index (χ0v) is 18.6. The Morgan fingerprint density at radius 2 is 1.94 bits per heavy atom. The quantitative estimate of drug-likeness (QED) is 0.364. The molecule has 0 radical (unpaired) electrons. The van der Waals surface area contributed by atoms with Gasteiger partial charge in [-0.2, -0.15) is 0 Å². The first-order valence-electron chi connectivity index (χ1n) is 11.6. The van der Waals surface area contributed by atoms with Crippen molar-refractivity contribution in [3.63, 3.8) is 0 Å². The first kappa shape index (κ1) is 20.4. The molecule has 4 aromatic heterocycles. The summed E-state index contributed by atoms with van der Waals surface area (Å²) in [5.74, 6) is 1.73. The molecule has 0 aliphatic heterocycles. The highest BCUT2D eigenvalue weighted by atomic mass is 16.1. The molecule has 34 heavy (non-hydrogen) atoms. The lowest BCUT2D eigenvalue weighted by atomic mass is 9.81. The second-order valence-electron chi connectivity index (χ2n) is 8.90. The Hall–Kier alpha value is -4.20. The van der Waals surface area contributed by atoms with Gasteiger partial charge in [0, 0.05) is 41.3 Å². The van der Waals surface area contributed by atoms with Crippen LogP contribution in [0, 0.1) is 5.92 Å². The van der Waals surface area contributed by atoms with Crippen LogP contribution in [0.2, 0.25) is 0 Å². The van der Waals surface area contributed by atoms with Crippen molar-refractivity contribution in [1.29, 1.82) is 0 Å². The number of nitrogens with zero attached hydrogens (tertiary/aromatic N) is 4. The first-order chi connectivity index (χ1) is 16.7.